The van der Waals surface area contributed by atoms with Crippen molar-refractivity contribution in [2.45, 2.75) is 51.5 Å². The van der Waals surface area contributed by atoms with E-state index in [-0.39, 0.29) is 17.4 Å². The van der Waals surface area contributed by atoms with Crippen LogP contribution in [0.1, 0.15) is 56.5 Å². The Morgan fingerprint density at radius 3 is 2.75 bits per heavy atom. The van der Waals surface area contributed by atoms with Gasteiger partial charge in [0.2, 0.25) is 5.91 Å². The predicted octanol–water partition coefficient (Wildman–Crippen LogP) is 4.13. The zero-order chi connectivity index (χ0) is 19.7. The highest BCUT2D eigenvalue weighted by Gasteiger charge is 2.30. The SMILES string of the molecule is CC(C)(C)c1ccc(C2CCCN2C(=O)Cc2csc(-c3ncn[nH]3)n2)cc1. The van der Waals surface area contributed by atoms with Crippen molar-refractivity contribution in [3.05, 3.63) is 52.8 Å². The van der Waals surface area contributed by atoms with E-state index in [0.717, 1.165) is 30.1 Å². The third kappa shape index (κ3) is 3.85. The summed E-state index contributed by atoms with van der Waals surface area (Å²) in [7, 11) is 0. The van der Waals surface area contributed by atoms with E-state index in [2.05, 4.69) is 65.2 Å². The van der Waals surface area contributed by atoms with Crippen LogP contribution in [0.2, 0.25) is 0 Å². The van der Waals surface area contributed by atoms with Gasteiger partial charge in [-0.1, -0.05) is 45.0 Å². The second kappa shape index (κ2) is 7.47. The number of hydrogen-bond acceptors (Lipinski definition) is 5. The van der Waals surface area contributed by atoms with Crippen LogP contribution in [0.3, 0.4) is 0 Å². The van der Waals surface area contributed by atoms with Crippen LogP contribution in [0.4, 0.5) is 0 Å². The minimum absolute atomic E-state index is 0.134. The first kappa shape index (κ1) is 18.8. The van der Waals surface area contributed by atoms with Gasteiger partial charge in [0.1, 0.15) is 6.33 Å². The number of nitrogens with zero attached hydrogens (tertiary/aromatic N) is 4. The third-order valence-corrected chi connectivity index (χ3v) is 6.13. The number of likely N-dealkylation sites (tertiary alicyclic amines) is 1. The number of hydrogen-bond donors (Lipinski definition) is 1. The molecule has 1 N–H and O–H groups in total. The molecule has 1 amide bonds. The van der Waals surface area contributed by atoms with E-state index in [1.807, 2.05) is 10.3 Å². The molecule has 146 valence electrons. The van der Waals surface area contributed by atoms with Crippen molar-refractivity contribution in [3.63, 3.8) is 0 Å². The summed E-state index contributed by atoms with van der Waals surface area (Å²) in [6.07, 6.45) is 3.83. The first-order valence-corrected chi connectivity index (χ1v) is 10.5. The molecule has 1 fully saturated rings. The highest BCUT2D eigenvalue weighted by molar-refractivity contribution is 7.13. The number of nitrogens with one attached hydrogen (secondary N) is 1. The predicted molar refractivity (Wildman–Crippen MR) is 110 cm³/mol. The first-order valence-electron chi connectivity index (χ1n) is 9.62. The molecular formula is C21H25N5OS. The molecule has 2 aromatic heterocycles. The van der Waals surface area contributed by atoms with Gasteiger partial charge >= 0.3 is 0 Å². The van der Waals surface area contributed by atoms with Gasteiger partial charge < -0.3 is 4.90 Å². The average Bonchev–Trinajstić information content (AvgIpc) is 3.41. The zero-order valence-corrected chi connectivity index (χ0v) is 17.3. The Morgan fingerprint density at radius 2 is 2.07 bits per heavy atom. The van der Waals surface area contributed by atoms with Crippen molar-refractivity contribution in [2.24, 2.45) is 0 Å². The van der Waals surface area contributed by atoms with Crippen LogP contribution in [-0.4, -0.2) is 37.5 Å². The molecule has 0 aliphatic carbocycles. The van der Waals surface area contributed by atoms with Crippen LogP contribution >= 0.6 is 11.3 Å². The summed E-state index contributed by atoms with van der Waals surface area (Å²) in [5, 5.41) is 9.35. The fourth-order valence-corrected chi connectivity index (χ4v) is 4.44. The van der Waals surface area contributed by atoms with Crippen molar-refractivity contribution >= 4 is 17.2 Å². The number of carbonyl (C=O) groups is 1. The van der Waals surface area contributed by atoms with Gasteiger partial charge in [0, 0.05) is 11.9 Å². The van der Waals surface area contributed by atoms with Gasteiger partial charge in [0.25, 0.3) is 0 Å². The lowest BCUT2D eigenvalue weighted by molar-refractivity contribution is -0.131. The highest BCUT2D eigenvalue weighted by Crippen LogP contribution is 2.34. The summed E-state index contributed by atoms with van der Waals surface area (Å²) in [6, 6.07) is 8.92. The number of thiazole rings is 1. The van der Waals surface area contributed by atoms with Gasteiger partial charge in [-0.15, -0.1) is 11.3 Å². The maximum Gasteiger partial charge on any atom is 0.229 e. The van der Waals surface area contributed by atoms with Gasteiger partial charge in [0.05, 0.1) is 18.2 Å². The van der Waals surface area contributed by atoms with Gasteiger partial charge in [-0.25, -0.2) is 9.97 Å². The normalized spacial score (nSPS) is 17.2. The van der Waals surface area contributed by atoms with E-state index in [4.69, 9.17) is 0 Å². The van der Waals surface area contributed by atoms with E-state index in [9.17, 15) is 4.79 Å². The molecule has 3 heterocycles. The molecule has 7 heteroatoms. The number of rotatable bonds is 4. The molecule has 0 spiro atoms. The Bertz CT molecular complexity index is 940. The van der Waals surface area contributed by atoms with Crippen molar-refractivity contribution < 1.29 is 4.79 Å². The van der Waals surface area contributed by atoms with E-state index < -0.39 is 0 Å². The largest absolute Gasteiger partial charge is 0.335 e. The lowest BCUT2D eigenvalue weighted by Crippen LogP contribution is -2.32. The minimum Gasteiger partial charge on any atom is -0.335 e. The van der Waals surface area contributed by atoms with Gasteiger partial charge in [-0.05, 0) is 29.4 Å². The molecular weight excluding hydrogens is 370 g/mol. The molecule has 0 radical (unpaired) electrons. The summed E-state index contributed by atoms with van der Waals surface area (Å²) in [5.41, 5.74) is 3.46. The van der Waals surface area contributed by atoms with Crippen LogP contribution in [0.25, 0.3) is 10.8 Å². The van der Waals surface area contributed by atoms with Crippen molar-refractivity contribution in [1.82, 2.24) is 25.1 Å². The van der Waals surface area contributed by atoms with E-state index in [1.54, 1.807) is 0 Å². The quantitative estimate of drug-likeness (QED) is 0.721. The lowest BCUT2D eigenvalue weighted by atomic mass is 9.86. The number of benzene rings is 1. The third-order valence-electron chi connectivity index (χ3n) is 5.24. The highest BCUT2D eigenvalue weighted by atomic mass is 32.1. The van der Waals surface area contributed by atoms with Crippen molar-refractivity contribution in [3.8, 4) is 10.8 Å². The Hall–Kier alpha value is -2.54. The molecule has 1 aliphatic heterocycles. The second-order valence-corrected chi connectivity index (χ2v) is 9.13. The van der Waals surface area contributed by atoms with Gasteiger partial charge in [-0.3, -0.25) is 9.89 Å². The maximum atomic E-state index is 13.0. The Morgan fingerprint density at radius 1 is 1.29 bits per heavy atom. The van der Waals surface area contributed by atoms with Crippen LogP contribution in [0.15, 0.2) is 36.0 Å². The van der Waals surface area contributed by atoms with E-state index >= 15 is 0 Å². The summed E-state index contributed by atoms with van der Waals surface area (Å²) in [4.78, 5) is 23.6. The molecule has 28 heavy (non-hydrogen) atoms. The average molecular weight is 396 g/mol. The maximum absolute atomic E-state index is 13.0. The standard InChI is InChI=1S/C21H25N5OS/c1-21(2,3)15-8-6-14(7-9-15)17-5-4-10-26(17)18(27)11-16-12-28-20(24-16)19-22-13-23-25-19/h6-9,12-13,17H,4-5,10-11H2,1-3H3,(H,22,23,25). The van der Waals surface area contributed by atoms with E-state index in [0.29, 0.717) is 12.2 Å². The number of amides is 1. The molecule has 0 saturated carbocycles. The summed E-state index contributed by atoms with van der Waals surface area (Å²) < 4.78 is 0. The molecule has 3 aromatic rings. The molecule has 1 atom stereocenters. The zero-order valence-electron chi connectivity index (χ0n) is 16.5. The fraction of sp³-hybridized carbons (Fsp3) is 0.429. The van der Waals surface area contributed by atoms with Crippen molar-refractivity contribution in [2.75, 3.05) is 6.54 Å². The second-order valence-electron chi connectivity index (χ2n) is 8.27. The monoisotopic (exact) mass is 395 g/mol. The minimum atomic E-state index is 0.134. The van der Waals surface area contributed by atoms with Crippen LogP contribution < -0.4 is 0 Å². The Balaban J connectivity index is 1.46. The van der Waals surface area contributed by atoms with Crippen LogP contribution in [0, 0.1) is 0 Å². The Labute approximate surface area is 169 Å². The molecule has 6 nitrogen and oxygen atoms in total. The molecule has 0 bridgehead atoms. The lowest BCUT2D eigenvalue weighted by Gasteiger charge is -2.26. The molecule has 1 saturated heterocycles. The van der Waals surface area contributed by atoms with Crippen LogP contribution in [-0.2, 0) is 16.6 Å². The number of aromatic amines is 1. The molecule has 1 aliphatic rings. The van der Waals surface area contributed by atoms with E-state index in [1.165, 1.54) is 28.8 Å². The molecule has 1 unspecified atom stereocenters. The Kier molecular flexibility index (Phi) is 5.02. The summed E-state index contributed by atoms with van der Waals surface area (Å²) in [5.74, 6) is 0.776. The van der Waals surface area contributed by atoms with Gasteiger partial charge in [-0.2, -0.15) is 5.10 Å². The number of H-pyrrole nitrogens is 1. The first-order chi connectivity index (χ1) is 13.4. The van der Waals surface area contributed by atoms with Crippen molar-refractivity contribution in [1.29, 1.82) is 0 Å². The molecule has 1 aromatic carbocycles. The van der Waals surface area contributed by atoms with Gasteiger partial charge in [0.15, 0.2) is 10.8 Å². The summed E-state index contributed by atoms with van der Waals surface area (Å²) >= 11 is 1.48. The number of carbonyl (C=O) groups excluding carboxylic acids is 1. The topological polar surface area (TPSA) is 74.8 Å². The molecule has 4 rings (SSSR count). The fourth-order valence-electron chi connectivity index (χ4n) is 3.68. The van der Waals surface area contributed by atoms with Crippen LogP contribution in [0.5, 0.6) is 0 Å². The smallest absolute Gasteiger partial charge is 0.229 e. The summed E-state index contributed by atoms with van der Waals surface area (Å²) in [6.45, 7) is 7.46. The number of aromatic nitrogens is 4.